The van der Waals surface area contributed by atoms with Gasteiger partial charge in [-0.15, -0.1) is 0 Å². The van der Waals surface area contributed by atoms with Gasteiger partial charge >= 0.3 is 0 Å². The lowest BCUT2D eigenvalue weighted by atomic mass is 9.96. The number of ether oxygens (including phenoxy) is 1. The second-order valence-corrected chi connectivity index (χ2v) is 7.89. The van der Waals surface area contributed by atoms with Crippen LogP contribution in [-0.4, -0.2) is 18.1 Å². The first-order valence-corrected chi connectivity index (χ1v) is 9.76. The first-order valence-electron chi connectivity index (χ1n) is 9.35. The van der Waals surface area contributed by atoms with E-state index < -0.39 is 0 Å². The highest BCUT2D eigenvalue weighted by Gasteiger charge is 2.32. The predicted molar refractivity (Wildman–Crippen MR) is 119 cm³/mol. The van der Waals surface area contributed by atoms with Crippen molar-refractivity contribution in [3.63, 3.8) is 0 Å². The molecular formula is C23H26N2O2S. The minimum Gasteiger partial charge on any atom is -0.496 e. The van der Waals surface area contributed by atoms with Gasteiger partial charge in [0.15, 0.2) is 5.11 Å². The zero-order chi connectivity index (χ0) is 20.6. The second-order valence-electron chi connectivity index (χ2n) is 7.50. The van der Waals surface area contributed by atoms with Gasteiger partial charge in [0.05, 0.1) is 12.8 Å². The molecule has 146 valence electrons. The molecule has 0 atom stereocenters. The van der Waals surface area contributed by atoms with Crippen LogP contribution in [0.4, 0.5) is 5.69 Å². The fraction of sp³-hybridized carbons (Fsp3) is 0.304. The number of nitrogens with one attached hydrogen (secondary N) is 1. The van der Waals surface area contributed by atoms with Crippen LogP contribution in [0.5, 0.6) is 5.75 Å². The zero-order valence-corrected chi connectivity index (χ0v) is 18.0. The lowest BCUT2D eigenvalue weighted by molar-refractivity contribution is -0.113. The van der Waals surface area contributed by atoms with Crippen molar-refractivity contribution in [2.45, 2.75) is 40.5 Å². The smallest absolute Gasteiger partial charge is 0.281 e. The molecular weight excluding hydrogens is 368 g/mol. The monoisotopic (exact) mass is 394 g/mol. The zero-order valence-electron chi connectivity index (χ0n) is 17.2. The Morgan fingerprint density at radius 3 is 2.39 bits per heavy atom. The number of hydrogen-bond donors (Lipinski definition) is 1. The van der Waals surface area contributed by atoms with Crippen molar-refractivity contribution >= 4 is 35.0 Å². The van der Waals surface area contributed by atoms with Crippen LogP contribution in [0.1, 0.15) is 47.6 Å². The summed E-state index contributed by atoms with van der Waals surface area (Å²) in [4.78, 5) is 14.6. The molecule has 0 saturated carbocycles. The van der Waals surface area contributed by atoms with Crippen LogP contribution in [-0.2, 0) is 4.79 Å². The number of methoxy groups -OCH3 is 1. The molecule has 0 aliphatic carbocycles. The summed E-state index contributed by atoms with van der Waals surface area (Å²) in [6.07, 6.45) is 1.87. The summed E-state index contributed by atoms with van der Waals surface area (Å²) in [5, 5.41) is 3.47. The molecule has 1 amide bonds. The molecule has 0 bridgehead atoms. The summed E-state index contributed by atoms with van der Waals surface area (Å²) in [6, 6.07) is 10.0. The molecule has 0 spiro atoms. The van der Waals surface area contributed by atoms with E-state index in [1.807, 2.05) is 51.1 Å². The van der Waals surface area contributed by atoms with E-state index in [1.54, 1.807) is 12.0 Å². The van der Waals surface area contributed by atoms with Crippen LogP contribution in [0.15, 0.2) is 36.0 Å². The lowest BCUT2D eigenvalue weighted by Gasteiger charge is -2.15. The van der Waals surface area contributed by atoms with E-state index in [0.717, 1.165) is 33.7 Å². The third-order valence-electron chi connectivity index (χ3n) is 5.17. The Bertz CT molecular complexity index is 992. The highest BCUT2D eigenvalue weighted by Crippen LogP contribution is 2.31. The molecule has 3 rings (SSSR count). The van der Waals surface area contributed by atoms with Crippen molar-refractivity contribution in [3.05, 3.63) is 63.8 Å². The normalized spacial score (nSPS) is 15.5. The third kappa shape index (κ3) is 3.67. The number of aryl methyl sites for hydroxylation is 3. The Morgan fingerprint density at radius 2 is 1.79 bits per heavy atom. The Labute approximate surface area is 172 Å². The average Bonchev–Trinajstić information content (AvgIpc) is 2.92. The molecule has 1 fully saturated rings. The summed E-state index contributed by atoms with van der Waals surface area (Å²) in [5.74, 6) is 1.04. The average molecular weight is 395 g/mol. The van der Waals surface area contributed by atoms with Gasteiger partial charge in [-0.2, -0.15) is 0 Å². The summed E-state index contributed by atoms with van der Waals surface area (Å²) in [6.45, 7) is 10.3. The molecule has 28 heavy (non-hydrogen) atoms. The molecule has 1 N–H and O–H groups in total. The SMILES string of the molecule is COc1cc(C)c(/C=C2\NC(=S)N(c3ccc(C)c(C)c3)C2=O)cc1C(C)C. The molecule has 4 nitrogen and oxygen atoms in total. The summed E-state index contributed by atoms with van der Waals surface area (Å²) < 4.78 is 5.51. The fourth-order valence-corrected chi connectivity index (χ4v) is 3.59. The van der Waals surface area contributed by atoms with E-state index >= 15 is 0 Å². The van der Waals surface area contributed by atoms with E-state index in [-0.39, 0.29) is 5.91 Å². The summed E-state index contributed by atoms with van der Waals surface area (Å²) in [5.41, 5.74) is 6.69. The number of anilines is 1. The highest BCUT2D eigenvalue weighted by molar-refractivity contribution is 7.80. The number of benzene rings is 2. The topological polar surface area (TPSA) is 41.6 Å². The van der Waals surface area contributed by atoms with Gasteiger partial charge in [-0.3, -0.25) is 9.69 Å². The second kappa shape index (κ2) is 7.76. The Balaban J connectivity index is 2.00. The molecule has 2 aromatic rings. The number of rotatable bonds is 4. The highest BCUT2D eigenvalue weighted by atomic mass is 32.1. The van der Waals surface area contributed by atoms with Gasteiger partial charge in [0.1, 0.15) is 11.4 Å². The van der Waals surface area contributed by atoms with Crippen LogP contribution < -0.4 is 15.0 Å². The van der Waals surface area contributed by atoms with E-state index in [9.17, 15) is 4.79 Å². The molecule has 0 aromatic heterocycles. The van der Waals surface area contributed by atoms with E-state index in [0.29, 0.717) is 16.7 Å². The van der Waals surface area contributed by atoms with Crippen molar-refractivity contribution in [2.75, 3.05) is 12.0 Å². The molecule has 2 aromatic carbocycles. The standard InChI is InChI=1S/C23H26N2O2S/c1-13(2)19-11-17(16(5)10-21(19)27-6)12-20-22(26)25(23(28)24-20)18-8-7-14(3)15(4)9-18/h7-13H,1-6H3,(H,24,28)/b20-12-. The Hall–Kier alpha value is -2.66. The first kappa shape index (κ1) is 20.1. The number of carbonyl (C=O) groups is 1. The number of carbonyl (C=O) groups excluding carboxylic acids is 1. The van der Waals surface area contributed by atoms with Crippen LogP contribution in [0.3, 0.4) is 0 Å². The molecule has 5 heteroatoms. The van der Waals surface area contributed by atoms with E-state index in [1.165, 1.54) is 5.56 Å². The number of thiocarbonyl (C=S) groups is 1. The van der Waals surface area contributed by atoms with Crippen LogP contribution in [0.2, 0.25) is 0 Å². The maximum Gasteiger partial charge on any atom is 0.281 e. The molecule has 1 saturated heterocycles. The van der Waals surface area contributed by atoms with Gasteiger partial charge < -0.3 is 10.1 Å². The van der Waals surface area contributed by atoms with Crippen molar-refractivity contribution in [2.24, 2.45) is 0 Å². The Kier molecular flexibility index (Phi) is 5.57. The third-order valence-corrected chi connectivity index (χ3v) is 5.45. The largest absolute Gasteiger partial charge is 0.496 e. The lowest BCUT2D eigenvalue weighted by Crippen LogP contribution is -2.30. The molecule has 1 aliphatic heterocycles. The van der Waals surface area contributed by atoms with Crippen LogP contribution in [0.25, 0.3) is 6.08 Å². The maximum atomic E-state index is 13.1. The van der Waals surface area contributed by atoms with Gasteiger partial charge in [-0.05, 0) is 97.1 Å². The summed E-state index contributed by atoms with van der Waals surface area (Å²) >= 11 is 5.44. The van der Waals surface area contributed by atoms with Gasteiger partial charge in [0.25, 0.3) is 5.91 Å². The van der Waals surface area contributed by atoms with Gasteiger partial charge in [-0.1, -0.05) is 19.9 Å². The number of nitrogens with zero attached hydrogens (tertiary/aromatic N) is 1. The van der Waals surface area contributed by atoms with Gasteiger partial charge in [0, 0.05) is 0 Å². The number of hydrogen-bond acceptors (Lipinski definition) is 3. The number of amides is 1. The van der Waals surface area contributed by atoms with Crippen LogP contribution in [0, 0.1) is 20.8 Å². The van der Waals surface area contributed by atoms with Gasteiger partial charge in [0.2, 0.25) is 0 Å². The fourth-order valence-electron chi connectivity index (χ4n) is 3.29. The van der Waals surface area contributed by atoms with E-state index in [2.05, 4.69) is 25.2 Å². The molecule has 1 heterocycles. The first-order chi connectivity index (χ1) is 13.2. The molecule has 1 aliphatic rings. The maximum absolute atomic E-state index is 13.1. The van der Waals surface area contributed by atoms with Crippen molar-refractivity contribution in [1.29, 1.82) is 0 Å². The molecule has 0 unspecified atom stereocenters. The Morgan fingerprint density at radius 1 is 1.07 bits per heavy atom. The predicted octanol–water partition coefficient (Wildman–Crippen LogP) is 5.01. The molecule has 0 radical (unpaired) electrons. The van der Waals surface area contributed by atoms with Crippen LogP contribution >= 0.6 is 12.2 Å². The quantitative estimate of drug-likeness (QED) is 0.585. The van der Waals surface area contributed by atoms with E-state index in [4.69, 9.17) is 17.0 Å². The van der Waals surface area contributed by atoms with Gasteiger partial charge in [-0.25, -0.2) is 0 Å². The van der Waals surface area contributed by atoms with Crippen molar-refractivity contribution < 1.29 is 9.53 Å². The summed E-state index contributed by atoms with van der Waals surface area (Å²) in [7, 11) is 1.68. The minimum absolute atomic E-state index is 0.144. The minimum atomic E-state index is -0.144. The van der Waals surface area contributed by atoms with Crippen molar-refractivity contribution in [1.82, 2.24) is 5.32 Å². The van der Waals surface area contributed by atoms with Crippen molar-refractivity contribution in [3.8, 4) is 5.75 Å².